The van der Waals surface area contributed by atoms with Gasteiger partial charge in [0, 0.05) is 26.2 Å². The Hall–Kier alpha value is -2.91. The summed E-state index contributed by atoms with van der Waals surface area (Å²) in [5.41, 5.74) is 6.24. The van der Waals surface area contributed by atoms with E-state index in [4.69, 9.17) is 0 Å². The van der Waals surface area contributed by atoms with Crippen LogP contribution in [-0.4, -0.2) is 41.9 Å². The maximum absolute atomic E-state index is 12.9. The van der Waals surface area contributed by atoms with Crippen molar-refractivity contribution in [2.45, 2.75) is 26.3 Å². The highest BCUT2D eigenvalue weighted by Crippen LogP contribution is 2.29. The molecule has 1 saturated heterocycles. The van der Waals surface area contributed by atoms with E-state index in [2.05, 4.69) is 97.6 Å². The Morgan fingerprint density at radius 1 is 0.767 bits per heavy atom. The lowest BCUT2D eigenvalue weighted by atomic mass is 9.96. The third kappa shape index (κ3) is 4.63. The molecule has 3 heteroatoms. The van der Waals surface area contributed by atoms with E-state index in [0.29, 0.717) is 6.42 Å². The molecule has 0 bridgehead atoms. The van der Waals surface area contributed by atoms with Crippen LogP contribution < -0.4 is 0 Å². The van der Waals surface area contributed by atoms with Gasteiger partial charge < -0.3 is 4.90 Å². The van der Waals surface area contributed by atoms with Crippen LogP contribution in [0.1, 0.15) is 33.9 Å². The van der Waals surface area contributed by atoms with E-state index in [9.17, 15) is 4.79 Å². The van der Waals surface area contributed by atoms with Gasteiger partial charge in [0.25, 0.3) is 0 Å². The van der Waals surface area contributed by atoms with Crippen LogP contribution in [0.2, 0.25) is 0 Å². The topological polar surface area (TPSA) is 23.6 Å². The minimum Gasteiger partial charge on any atom is -0.340 e. The number of aryl methyl sites for hydroxylation is 2. The van der Waals surface area contributed by atoms with Gasteiger partial charge in [0.1, 0.15) is 0 Å². The standard InChI is InChI=1S/C27H30N2O/c1-21-13-14-23(19-22(21)2)20-26(30)28-15-17-29(18-16-28)27(24-9-5-3-6-10-24)25-11-7-4-8-12-25/h3-14,19,27H,15-18,20H2,1-2H3. The summed E-state index contributed by atoms with van der Waals surface area (Å²) >= 11 is 0. The molecule has 0 radical (unpaired) electrons. The summed E-state index contributed by atoms with van der Waals surface area (Å²) < 4.78 is 0. The second-order valence-corrected chi connectivity index (χ2v) is 8.24. The molecule has 0 atom stereocenters. The van der Waals surface area contributed by atoms with Gasteiger partial charge in [0.05, 0.1) is 12.5 Å². The number of nitrogens with zero attached hydrogens (tertiary/aromatic N) is 2. The first-order valence-corrected chi connectivity index (χ1v) is 10.8. The zero-order valence-electron chi connectivity index (χ0n) is 17.9. The van der Waals surface area contributed by atoms with E-state index < -0.39 is 0 Å². The summed E-state index contributed by atoms with van der Waals surface area (Å²) in [4.78, 5) is 17.4. The molecule has 3 nitrogen and oxygen atoms in total. The molecule has 4 rings (SSSR count). The first-order valence-electron chi connectivity index (χ1n) is 10.8. The van der Waals surface area contributed by atoms with Crippen molar-refractivity contribution in [2.75, 3.05) is 26.2 Å². The molecule has 1 amide bonds. The molecule has 1 fully saturated rings. The Labute approximate surface area is 180 Å². The molecule has 0 N–H and O–H groups in total. The molecule has 0 saturated carbocycles. The number of hydrogen-bond acceptors (Lipinski definition) is 2. The largest absolute Gasteiger partial charge is 0.340 e. The molecule has 3 aromatic rings. The Kier molecular flexibility index (Phi) is 6.29. The molecule has 0 aliphatic carbocycles. The van der Waals surface area contributed by atoms with E-state index in [0.717, 1.165) is 31.7 Å². The highest BCUT2D eigenvalue weighted by atomic mass is 16.2. The van der Waals surface area contributed by atoms with E-state index in [1.54, 1.807) is 0 Å². The van der Waals surface area contributed by atoms with Crippen molar-refractivity contribution in [1.29, 1.82) is 0 Å². The summed E-state index contributed by atoms with van der Waals surface area (Å²) in [6.07, 6.45) is 0.488. The summed E-state index contributed by atoms with van der Waals surface area (Å²) in [5.74, 6) is 0.230. The van der Waals surface area contributed by atoms with Gasteiger partial charge >= 0.3 is 0 Å². The molecule has 0 unspecified atom stereocenters. The second-order valence-electron chi connectivity index (χ2n) is 8.24. The van der Waals surface area contributed by atoms with Crippen molar-refractivity contribution in [1.82, 2.24) is 9.80 Å². The Bertz CT molecular complexity index is 937. The lowest BCUT2D eigenvalue weighted by molar-refractivity contribution is -0.132. The summed E-state index contributed by atoms with van der Waals surface area (Å²) in [7, 11) is 0. The lowest BCUT2D eigenvalue weighted by Crippen LogP contribution is -2.50. The SMILES string of the molecule is Cc1ccc(CC(=O)N2CCN(C(c3ccccc3)c3ccccc3)CC2)cc1C. The van der Waals surface area contributed by atoms with Gasteiger partial charge in [0.15, 0.2) is 0 Å². The minimum absolute atomic E-state index is 0.226. The number of piperazine rings is 1. The Balaban J connectivity index is 1.44. The van der Waals surface area contributed by atoms with Gasteiger partial charge in [0.2, 0.25) is 5.91 Å². The van der Waals surface area contributed by atoms with Crippen molar-refractivity contribution in [3.8, 4) is 0 Å². The fourth-order valence-electron chi connectivity index (χ4n) is 4.31. The lowest BCUT2D eigenvalue weighted by Gasteiger charge is -2.40. The first kappa shape index (κ1) is 20.4. The van der Waals surface area contributed by atoms with Crippen LogP contribution in [0.15, 0.2) is 78.9 Å². The van der Waals surface area contributed by atoms with E-state index >= 15 is 0 Å². The predicted octanol–water partition coefficient (Wildman–Crippen LogP) is 4.78. The molecule has 1 aliphatic heterocycles. The number of carbonyl (C=O) groups excluding carboxylic acids is 1. The number of benzene rings is 3. The zero-order valence-corrected chi connectivity index (χ0v) is 17.9. The number of rotatable bonds is 5. The van der Waals surface area contributed by atoms with Gasteiger partial charge in [-0.05, 0) is 41.7 Å². The maximum atomic E-state index is 12.9. The van der Waals surface area contributed by atoms with Crippen LogP contribution in [0, 0.1) is 13.8 Å². The van der Waals surface area contributed by atoms with Crippen molar-refractivity contribution < 1.29 is 4.79 Å². The first-order chi connectivity index (χ1) is 14.6. The fraction of sp³-hybridized carbons (Fsp3) is 0.296. The summed E-state index contributed by atoms with van der Waals surface area (Å²) in [6.45, 7) is 7.53. The van der Waals surface area contributed by atoms with Gasteiger partial charge in [-0.2, -0.15) is 0 Å². The van der Waals surface area contributed by atoms with Crippen LogP contribution >= 0.6 is 0 Å². The highest BCUT2D eigenvalue weighted by Gasteiger charge is 2.28. The minimum atomic E-state index is 0.226. The quantitative estimate of drug-likeness (QED) is 0.617. The number of hydrogen-bond donors (Lipinski definition) is 0. The molecule has 3 aromatic carbocycles. The summed E-state index contributed by atoms with van der Waals surface area (Å²) in [6, 6.07) is 27.9. The second kappa shape index (κ2) is 9.27. The third-order valence-corrected chi connectivity index (χ3v) is 6.19. The molecule has 30 heavy (non-hydrogen) atoms. The molecular weight excluding hydrogens is 368 g/mol. The Morgan fingerprint density at radius 3 is 1.87 bits per heavy atom. The molecule has 1 aliphatic rings. The third-order valence-electron chi connectivity index (χ3n) is 6.19. The van der Waals surface area contributed by atoms with Crippen LogP contribution in [0.3, 0.4) is 0 Å². The van der Waals surface area contributed by atoms with Gasteiger partial charge in [-0.25, -0.2) is 0 Å². The van der Waals surface area contributed by atoms with Crippen LogP contribution in [-0.2, 0) is 11.2 Å². The normalized spacial score (nSPS) is 14.8. The van der Waals surface area contributed by atoms with Crippen LogP contribution in [0.25, 0.3) is 0 Å². The zero-order chi connectivity index (χ0) is 20.9. The highest BCUT2D eigenvalue weighted by molar-refractivity contribution is 5.79. The average Bonchev–Trinajstić information content (AvgIpc) is 2.78. The van der Waals surface area contributed by atoms with E-state index in [1.165, 1.54) is 22.3 Å². The average molecular weight is 399 g/mol. The van der Waals surface area contributed by atoms with Crippen molar-refractivity contribution in [3.63, 3.8) is 0 Å². The number of amides is 1. The fourth-order valence-corrected chi connectivity index (χ4v) is 4.31. The van der Waals surface area contributed by atoms with Gasteiger partial charge in [-0.1, -0.05) is 78.9 Å². The molecule has 1 heterocycles. The monoisotopic (exact) mass is 398 g/mol. The Morgan fingerprint density at radius 2 is 1.33 bits per heavy atom. The van der Waals surface area contributed by atoms with Crippen molar-refractivity contribution >= 4 is 5.91 Å². The van der Waals surface area contributed by atoms with Crippen LogP contribution in [0.5, 0.6) is 0 Å². The summed E-state index contributed by atoms with van der Waals surface area (Å²) in [5, 5.41) is 0. The molecule has 154 valence electrons. The van der Waals surface area contributed by atoms with Gasteiger partial charge in [-0.3, -0.25) is 9.69 Å². The maximum Gasteiger partial charge on any atom is 0.227 e. The van der Waals surface area contributed by atoms with Crippen molar-refractivity contribution in [3.05, 3.63) is 107 Å². The smallest absolute Gasteiger partial charge is 0.227 e. The number of carbonyl (C=O) groups is 1. The van der Waals surface area contributed by atoms with Crippen LogP contribution in [0.4, 0.5) is 0 Å². The molecule has 0 aromatic heterocycles. The van der Waals surface area contributed by atoms with E-state index in [-0.39, 0.29) is 11.9 Å². The van der Waals surface area contributed by atoms with E-state index in [1.807, 2.05) is 4.90 Å². The van der Waals surface area contributed by atoms with Crippen molar-refractivity contribution in [2.24, 2.45) is 0 Å². The van der Waals surface area contributed by atoms with Gasteiger partial charge in [-0.15, -0.1) is 0 Å². The predicted molar refractivity (Wildman–Crippen MR) is 123 cm³/mol. The molecule has 0 spiro atoms. The molecular formula is C27H30N2O.